The van der Waals surface area contributed by atoms with Gasteiger partial charge in [0, 0.05) is 30.5 Å². The predicted octanol–water partition coefficient (Wildman–Crippen LogP) is 2.92. The van der Waals surface area contributed by atoms with E-state index in [1.54, 1.807) is 6.07 Å². The molecule has 166 valence electrons. The van der Waals surface area contributed by atoms with Crippen molar-refractivity contribution in [2.45, 2.75) is 32.0 Å². The highest BCUT2D eigenvalue weighted by Gasteiger charge is 2.39. The maximum Gasteiger partial charge on any atom is 0.319 e. The van der Waals surface area contributed by atoms with Gasteiger partial charge in [0.1, 0.15) is 6.04 Å². The number of piperidine rings is 1. The summed E-state index contributed by atoms with van der Waals surface area (Å²) in [5.74, 6) is -0.975. The highest BCUT2D eigenvalue weighted by atomic mass is 16.2. The Morgan fingerprint density at radius 1 is 1.03 bits per heavy atom. The SMILES string of the molecule is O=C1CCC(N2Cc3ccc(CNC(=O)Nc4cccc5ccccc45)cc3C2=O)C(=O)N1. The summed E-state index contributed by atoms with van der Waals surface area (Å²) in [6.07, 6.45) is 0.546. The van der Waals surface area contributed by atoms with E-state index in [1.807, 2.05) is 54.6 Å². The molecule has 8 heteroatoms. The van der Waals surface area contributed by atoms with Gasteiger partial charge < -0.3 is 15.5 Å². The van der Waals surface area contributed by atoms with E-state index in [1.165, 1.54) is 4.90 Å². The Balaban J connectivity index is 1.24. The molecule has 5 amide bonds. The number of fused-ring (bicyclic) bond motifs is 2. The molecule has 0 bridgehead atoms. The molecule has 0 saturated carbocycles. The molecular weight excluding hydrogens is 420 g/mol. The quantitative estimate of drug-likeness (QED) is 0.540. The minimum atomic E-state index is -0.643. The molecule has 2 heterocycles. The largest absolute Gasteiger partial charge is 0.334 e. The lowest BCUT2D eigenvalue weighted by molar-refractivity contribution is -0.136. The third-order valence-corrected chi connectivity index (χ3v) is 6.08. The smallest absolute Gasteiger partial charge is 0.319 e. The molecule has 8 nitrogen and oxygen atoms in total. The summed E-state index contributed by atoms with van der Waals surface area (Å²) in [5, 5.41) is 9.99. The van der Waals surface area contributed by atoms with Crippen molar-refractivity contribution >= 4 is 40.2 Å². The Bertz CT molecular complexity index is 1300. The Morgan fingerprint density at radius 3 is 2.70 bits per heavy atom. The fourth-order valence-electron chi connectivity index (χ4n) is 4.40. The summed E-state index contributed by atoms with van der Waals surface area (Å²) in [5.41, 5.74) is 2.84. The van der Waals surface area contributed by atoms with Gasteiger partial charge in [-0.25, -0.2) is 4.79 Å². The van der Waals surface area contributed by atoms with Gasteiger partial charge in [0.25, 0.3) is 5.91 Å². The van der Waals surface area contributed by atoms with Crippen molar-refractivity contribution in [3.05, 3.63) is 77.4 Å². The van der Waals surface area contributed by atoms with Crippen LogP contribution in [0.4, 0.5) is 10.5 Å². The maximum atomic E-state index is 12.9. The molecule has 1 unspecified atom stereocenters. The molecule has 1 atom stereocenters. The number of nitrogens with zero attached hydrogens (tertiary/aromatic N) is 1. The molecule has 2 aliphatic heterocycles. The number of hydrogen-bond acceptors (Lipinski definition) is 4. The van der Waals surface area contributed by atoms with E-state index in [0.717, 1.165) is 27.6 Å². The topological polar surface area (TPSA) is 108 Å². The highest BCUT2D eigenvalue weighted by Crippen LogP contribution is 2.28. The van der Waals surface area contributed by atoms with Crippen molar-refractivity contribution in [1.82, 2.24) is 15.5 Å². The van der Waals surface area contributed by atoms with Crippen LogP contribution in [-0.4, -0.2) is 34.7 Å². The number of hydrogen-bond donors (Lipinski definition) is 3. The lowest BCUT2D eigenvalue weighted by atomic mass is 10.0. The van der Waals surface area contributed by atoms with Crippen molar-refractivity contribution in [3.63, 3.8) is 0 Å². The summed E-state index contributed by atoms with van der Waals surface area (Å²) in [6, 6.07) is 18.0. The van der Waals surface area contributed by atoms with E-state index in [0.29, 0.717) is 18.5 Å². The molecule has 1 fully saturated rings. The van der Waals surface area contributed by atoms with Crippen molar-refractivity contribution in [1.29, 1.82) is 0 Å². The Hall–Kier alpha value is -4.20. The average Bonchev–Trinajstić information content (AvgIpc) is 3.13. The molecule has 33 heavy (non-hydrogen) atoms. The molecule has 3 N–H and O–H groups in total. The summed E-state index contributed by atoms with van der Waals surface area (Å²) in [4.78, 5) is 50.5. The second-order valence-corrected chi connectivity index (χ2v) is 8.23. The third-order valence-electron chi connectivity index (χ3n) is 6.08. The first-order valence-corrected chi connectivity index (χ1v) is 10.8. The number of nitrogens with one attached hydrogen (secondary N) is 3. The number of amides is 5. The lowest BCUT2D eigenvalue weighted by Gasteiger charge is -2.29. The molecule has 0 radical (unpaired) electrons. The molecule has 3 aromatic carbocycles. The van der Waals surface area contributed by atoms with Crippen LogP contribution < -0.4 is 16.0 Å². The first-order valence-electron chi connectivity index (χ1n) is 10.8. The van der Waals surface area contributed by atoms with Gasteiger partial charge in [-0.2, -0.15) is 0 Å². The van der Waals surface area contributed by atoms with E-state index >= 15 is 0 Å². The van der Waals surface area contributed by atoms with Crippen LogP contribution >= 0.6 is 0 Å². The molecule has 5 rings (SSSR count). The van der Waals surface area contributed by atoms with Crippen LogP contribution in [0.15, 0.2) is 60.7 Å². The summed E-state index contributed by atoms with van der Waals surface area (Å²) in [7, 11) is 0. The molecular formula is C25H22N4O4. The van der Waals surface area contributed by atoms with Gasteiger partial charge in [-0.15, -0.1) is 0 Å². The Morgan fingerprint density at radius 2 is 1.85 bits per heavy atom. The maximum absolute atomic E-state index is 12.9. The van der Waals surface area contributed by atoms with Gasteiger partial charge in [0.2, 0.25) is 11.8 Å². The van der Waals surface area contributed by atoms with Crippen molar-refractivity contribution in [3.8, 4) is 0 Å². The highest BCUT2D eigenvalue weighted by molar-refractivity contribution is 6.05. The first-order chi connectivity index (χ1) is 16.0. The number of carbonyl (C=O) groups is 4. The van der Waals surface area contributed by atoms with Crippen LogP contribution in [0.2, 0.25) is 0 Å². The molecule has 3 aromatic rings. The average molecular weight is 442 g/mol. The fourth-order valence-corrected chi connectivity index (χ4v) is 4.40. The monoisotopic (exact) mass is 442 g/mol. The number of imide groups is 1. The molecule has 1 saturated heterocycles. The first kappa shape index (κ1) is 20.7. The number of urea groups is 1. The molecule has 0 aliphatic carbocycles. The Kier molecular flexibility index (Phi) is 5.26. The third kappa shape index (κ3) is 4.03. The molecule has 2 aliphatic rings. The zero-order valence-corrected chi connectivity index (χ0v) is 17.8. The Labute approximate surface area is 189 Å². The van der Waals surface area contributed by atoms with Crippen LogP contribution in [0.5, 0.6) is 0 Å². The van der Waals surface area contributed by atoms with Gasteiger partial charge >= 0.3 is 6.03 Å². The van der Waals surface area contributed by atoms with Crippen LogP contribution in [0.25, 0.3) is 10.8 Å². The summed E-state index contributed by atoms with van der Waals surface area (Å²) >= 11 is 0. The number of carbonyl (C=O) groups excluding carboxylic acids is 4. The van der Waals surface area contributed by atoms with Crippen LogP contribution in [0.3, 0.4) is 0 Å². The summed E-state index contributed by atoms with van der Waals surface area (Å²) in [6.45, 7) is 0.575. The van der Waals surface area contributed by atoms with E-state index in [2.05, 4.69) is 16.0 Å². The number of anilines is 1. The zero-order chi connectivity index (χ0) is 22.9. The van der Waals surface area contributed by atoms with Crippen LogP contribution in [0.1, 0.15) is 34.3 Å². The lowest BCUT2D eigenvalue weighted by Crippen LogP contribution is -2.52. The van der Waals surface area contributed by atoms with E-state index in [-0.39, 0.29) is 30.8 Å². The van der Waals surface area contributed by atoms with Gasteiger partial charge in [-0.05, 0) is 35.1 Å². The van der Waals surface area contributed by atoms with E-state index in [4.69, 9.17) is 0 Å². The second-order valence-electron chi connectivity index (χ2n) is 8.23. The van der Waals surface area contributed by atoms with E-state index < -0.39 is 11.9 Å². The fraction of sp³-hybridized carbons (Fsp3) is 0.200. The van der Waals surface area contributed by atoms with E-state index in [9.17, 15) is 19.2 Å². The van der Waals surface area contributed by atoms with Crippen molar-refractivity contribution in [2.75, 3.05) is 5.32 Å². The van der Waals surface area contributed by atoms with Crippen molar-refractivity contribution < 1.29 is 19.2 Å². The number of rotatable bonds is 4. The van der Waals surface area contributed by atoms with Crippen LogP contribution in [0, 0.1) is 0 Å². The zero-order valence-electron chi connectivity index (χ0n) is 17.8. The normalized spacial score (nSPS) is 17.6. The van der Waals surface area contributed by atoms with Gasteiger partial charge in [0.05, 0.1) is 5.69 Å². The summed E-state index contributed by atoms with van der Waals surface area (Å²) < 4.78 is 0. The van der Waals surface area contributed by atoms with Crippen LogP contribution in [-0.2, 0) is 22.7 Å². The van der Waals surface area contributed by atoms with Gasteiger partial charge in [0.15, 0.2) is 0 Å². The predicted molar refractivity (Wildman–Crippen MR) is 122 cm³/mol. The van der Waals surface area contributed by atoms with Gasteiger partial charge in [-0.1, -0.05) is 48.5 Å². The van der Waals surface area contributed by atoms with Crippen molar-refractivity contribution in [2.24, 2.45) is 0 Å². The molecule has 0 spiro atoms. The second kappa shape index (κ2) is 8.38. The number of benzene rings is 3. The minimum Gasteiger partial charge on any atom is -0.334 e. The standard InChI is InChI=1S/C25H22N4O4/c30-22-11-10-21(23(31)28-22)29-14-17-9-8-15(12-19(17)24(29)32)13-26-25(33)27-20-7-3-5-16-4-1-2-6-18(16)20/h1-9,12,21H,10-11,13-14H2,(H2,26,27,33)(H,28,30,31). The minimum absolute atomic E-state index is 0.220. The van der Waals surface area contributed by atoms with Gasteiger partial charge in [-0.3, -0.25) is 19.7 Å². The molecule has 0 aromatic heterocycles.